The molecule has 0 radical (unpaired) electrons. The monoisotopic (exact) mass is 418 g/mol. The van der Waals surface area contributed by atoms with Gasteiger partial charge in [0.15, 0.2) is 5.16 Å². The van der Waals surface area contributed by atoms with Gasteiger partial charge in [0.2, 0.25) is 5.91 Å². The standard InChI is InChI=1S/C17H14N4O5S2/c22-11-5-4-8(21(25)26)6-10(11)18-13(23)7-27-17-19-15(24)14-9-2-1-3-12(9)28-16(14)20-17/h4-6,22H,1-3,7H2,(H,18,23)(H,19,20,24). The first-order valence-electron chi connectivity index (χ1n) is 8.37. The number of amides is 1. The Kier molecular flexibility index (Phi) is 4.77. The van der Waals surface area contributed by atoms with Gasteiger partial charge < -0.3 is 15.4 Å². The fraction of sp³-hybridized carbons (Fsp3) is 0.235. The second kappa shape index (κ2) is 7.24. The van der Waals surface area contributed by atoms with Crippen LogP contribution < -0.4 is 10.9 Å². The van der Waals surface area contributed by atoms with Crippen LogP contribution in [0.2, 0.25) is 0 Å². The SMILES string of the molecule is O=C(CSc1nc2sc3c(c2c(=O)[nH]1)CCC3)Nc1cc([N+](=O)[O-])ccc1O. The molecular formula is C17H14N4O5S2. The van der Waals surface area contributed by atoms with Crippen LogP contribution in [0.3, 0.4) is 0 Å². The van der Waals surface area contributed by atoms with Gasteiger partial charge in [-0.25, -0.2) is 4.98 Å². The number of phenolic OH excluding ortho intramolecular Hbond substituents is 1. The van der Waals surface area contributed by atoms with Crippen LogP contribution in [-0.2, 0) is 17.6 Å². The number of nitro groups is 1. The topological polar surface area (TPSA) is 138 Å². The van der Waals surface area contributed by atoms with Gasteiger partial charge in [-0.3, -0.25) is 19.7 Å². The Labute approximate surface area is 166 Å². The fourth-order valence-electron chi connectivity index (χ4n) is 3.11. The van der Waals surface area contributed by atoms with Crippen molar-refractivity contribution in [2.24, 2.45) is 0 Å². The number of aromatic nitrogens is 2. The number of aryl methyl sites for hydroxylation is 2. The first-order valence-corrected chi connectivity index (χ1v) is 10.2. The van der Waals surface area contributed by atoms with E-state index in [4.69, 9.17) is 0 Å². The molecule has 0 fully saturated rings. The summed E-state index contributed by atoms with van der Waals surface area (Å²) < 4.78 is 0. The van der Waals surface area contributed by atoms with Crippen molar-refractivity contribution in [3.63, 3.8) is 0 Å². The van der Waals surface area contributed by atoms with E-state index >= 15 is 0 Å². The molecule has 28 heavy (non-hydrogen) atoms. The summed E-state index contributed by atoms with van der Waals surface area (Å²) in [5.41, 5.74) is 0.585. The minimum Gasteiger partial charge on any atom is -0.506 e. The maximum absolute atomic E-state index is 12.4. The summed E-state index contributed by atoms with van der Waals surface area (Å²) in [4.78, 5) is 43.8. The van der Waals surface area contributed by atoms with Gasteiger partial charge in [0.05, 0.1) is 21.7 Å². The van der Waals surface area contributed by atoms with Crippen LogP contribution in [0.5, 0.6) is 5.75 Å². The molecule has 2 heterocycles. The van der Waals surface area contributed by atoms with Crippen molar-refractivity contribution in [1.82, 2.24) is 9.97 Å². The minimum atomic E-state index is -0.619. The zero-order chi connectivity index (χ0) is 19.8. The Bertz CT molecular complexity index is 1170. The molecule has 11 heteroatoms. The number of anilines is 1. The van der Waals surface area contributed by atoms with Crippen LogP contribution in [0, 0.1) is 10.1 Å². The lowest BCUT2D eigenvalue weighted by Crippen LogP contribution is -2.15. The highest BCUT2D eigenvalue weighted by Crippen LogP contribution is 2.35. The molecular weight excluding hydrogens is 404 g/mol. The summed E-state index contributed by atoms with van der Waals surface area (Å²) >= 11 is 2.56. The van der Waals surface area contributed by atoms with Crippen molar-refractivity contribution in [2.45, 2.75) is 24.4 Å². The van der Waals surface area contributed by atoms with Crippen molar-refractivity contribution >= 4 is 50.6 Å². The molecule has 1 aliphatic rings. The molecule has 1 aliphatic carbocycles. The van der Waals surface area contributed by atoms with Crippen molar-refractivity contribution in [3.8, 4) is 5.75 Å². The lowest BCUT2D eigenvalue weighted by atomic mass is 10.2. The molecule has 0 atom stereocenters. The number of non-ortho nitro benzene ring substituents is 1. The van der Waals surface area contributed by atoms with E-state index in [0.29, 0.717) is 15.4 Å². The first kappa shape index (κ1) is 18.4. The van der Waals surface area contributed by atoms with Gasteiger partial charge in [-0.15, -0.1) is 11.3 Å². The summed E-state index contributed by atoms with van der Waals surface area (Å²) in [6.45, 7) is 0. The van der Waals surface area contributed by atoms with Gasteiger partial charge in [-0.2, -0.15) is 0 Å². The van der Waals surface area contributed by atoms with Crippen LogP contribution in [0.1, 0.15) is 16.9 Å². The molecule has 1 aromatic carbocycles. The number of hydrogen-bond donors (Lipinski definition) is 3. The predicted octanol–water partition coefficient (Wildman–Crippen LogP) is 2.82. The van der Waals surface area contributed by atoms with E-state index in [9.17, 15) is 24.8 Å². The number of aromatic hydroxyl groups is 1. The van der Waals surface area contributed by atoms with Crippen LogP contribution in [0.25, 0.3) is 10.2 Å². The van der Waals surface area contributed by atoms with Gasteiger partial charge in [0, 0.05) is 17.0 Å². The molecule has 3 aromatic rings. The molecule has 9 nitrogen and oxygen atoms in total. The molecule has 2 aromatic heterocycles. The number of fused-ring (bicyclic) bond motifs is 3. The minimum absolute atomic E-state index is 0.0496. The number of nitro benzene ring substituents is 1. The Morgan fingerprint density at radius 3 is 3.04 bits per heavy atom. The average Bonchev–Trinajstić information content (AvgIpc) is 3.22. The predicted molar refractivity (Wildman–Crippen MR) is 106 cm³/mol. The Morgan fingerprint density at radius 1 is 1.43 bits per heavy atom. The van der Waals surface area contributed by atoms with E-state index in [1.807, 2.05) is 0 Å². The molecule has 0 aliphatic heterocycles. The average molecular weight is 418 g/mol. The van der Waals surface area contributed by atoms with Crippen LogP contribution in [-0.4, -0.2) is 31.7 Å². The second-order valence-electron chi connectivity index (χ2n) is 6.20. The molecule has 0 saturated carbocycles. The van der Waals surface area contributed by atoms with Crippen LogP contribution >= 0.6 is 23.1 Å². The lowest BCUT2D eigenvalue weighted by Gasteiger charge is -2.07. The third kappa shape index (κ3) is 3.45. The van der Waals surface area contributed by atoms with Crippen molar-refractivity contribution in [3.05, 3.63) is 49.1 Å². The van der Waals surface area contributed by atoms with Gasteiger partial charge in [-0.1, -0.05) is 11.8 Å². The number of benzene rings is 1. The molecule has 0 bridgehead atoms. The number of aromatic amines is 1. The zero-order valence-corrected chi connectivity index (χ0v) is 16.0. The van der Waals surface area contributed by atoms with E-state index in [1.165, 1.54) is 16.2 Å². The summed E-state index contributed by atoms with van der Waals surface area (Å²) in [6.07, 6.45) is 2.91. The number of nitrogens with one attached hydrogen (secondary N) is 2. The molecule has 4 rings (SSSR count). The van der Waals surface area contributed by atoms with Gasteiger partial charge in [0.1, 0.15) is 10.6 Å². The number of nitrogens with zero attached hydrogens (tertiary/aromatic N) is 2. The van der Waals surface area contributed by atoms with Gasteiger partial charge >= 0.3 is 0 Å². The highest BCUT2D eigenvalue weighted by Gasteiger charge is 2.21. The molecule has 1 amide bonds. The molecule has 0 spiro atoms. The highest BCUT2D eigenvalue weighted by atomic mass is 32.2. The van der Waals surface area contributed by atoms with E-state index in [0.717, 1.165) is 54.8 Å². The maximum atomic E-state index is 12.4. The number of rotatable bonds is 5. The number of thiophene rings is 1. The maximum Gasteiger partial charge on any atom is 0.271 e. The number of carbonyl (C=O) groups is 1. The van der Waals surface area contributed by atoms with Crippen molar-refractivity contribution in [1.29, 1.82) is 0 Å². The summed E-state index contributed by atoms with van der Waals surface area (Å²) in [7, 11) is 0. The quantitative estimate of drug-likeness (QED) is 0.190. The number of phenols is 1. The Hall–Kier alpha value is -2.92. The zero-order valence-electron chi connectivity index (χ0n) is 14.4. The van der Waals surface area contributed by atoms with Gasteiger partial charge in [-0.05, 0) is 30.9 Å². The Morgan fingerprint density at radius 2 is 2.25 bits per heavy atom. The van der Waals surface area contributed by atoms with Crippen molar-refractivity contribution in [2.75, 3.05) is 11.1 Å². The highest BCUT2D eigenvalue weighted by molar-refractivity contribution is 7.99. The van der Waals surface area contributed by atoms with E-state index in [2.05, 4.69) is 15.3 Å². The molecule has 0 unspecified atom stereocenters. The molecule has 144 valence electrons. The number of carbonyl (C=O) groups excluding carboxylic acids is 1. The smallest absolute Gasteiger partial charge is 0.271 e. The third-order valence-corrected chi connectivity index (χ3v) is 6.42. The van der Waals surface area contributed by atoms with Crippen molar-refractivity contribution < 1.29 is 14.8 Å². The second-order valence-corrected chi connectivity index (χ2v) is 8.25. The number of hydrogen-bond acceptors (Lipinski definition) is 8. The molecule has 0 saturated heterocycles. The first-order chi connectivity index (χ1) is 13.4. The summed E-state index contributed by atoms with van der Waals surface area (Å²) in [6, 6.07) is 3.36. The van der Waals surface area contributed by atoms with Gasteiger partial charge in [0.25, 0.3) is 11.2 Å². The Balaban J connectivity index is 1.47. The lowest BCUT2D eigenvalue weighted by molar-refractivity contribution is -0.384. The fourth-order valence-corrected chi connectivity index (χ4v) is 5.09. The normalized spacial score (nSPS) is 12.9. The van der Waals surface area contributed by atoms with E-state index in [1.54, 1.807) is 0 Å². The number of thioether (sulfide) groups is 1. The van der Waals surface area contributed by atoms with E-state index < -0.39 is 10.8 Å². The molecule has 3 N–H and O–H groups in total. The summed E-state index contributed by atoms with van der Waals surface area (Å²) in [5.74, 6) is -0.844. The van der Waals surface area contributed by atoms with Crippen LogP contribution in [0.15, 0.2) is 28.2 Å². The summed E-state index contributed by atoms with van der Waals surface area (Å²) in [5, 5.41) is 24.0. The third-order valence-electron chi connectivity index (χ3n) is 4.36. The largest absolute Gasteiger partial charge is 0.506 e. The van der Waals surface area contributed by atoms with Crippen LogP contribution in [0.4, 0.5) is 11.4 Å². The van der Waals surface area contributed by atoms with E-state index in [-0.39, 0.29) is 28.4 Å². The number of H-pyrrole nitrogens is 1.